The van der Waals surface area contributed by atoms with E-state index in [-0.39, 0.29) is 23.2 Å². The molecule has 16 heavy (non-hydrogen) atoms. The summed E-state index contributed by atoms with van der Waals surface area (Å²) in [5.41, 5.74) is 1.45. The van der Waals surface area contributed by atoms with Crippen molar-refractivity contribution in [1.82, 2.24) is 5.32 Å². The van der Waals surface area contributed by atoms with Crippen LogP contribution in [0.5, 0.6) is 0 Å². The van der Waals surface area contributed by atoms with Gasteiger partial charge in [-0.25, -0.2) is 4.39 Å². The molecule has 0 radical (unpaired) electrons. The molecular formula is C13H16FNO. The van der Waals surface area contributed by atoms with Crippen LogP contribution in [0.2, 0.25) is 0 Å². The summed E-state index contributed by atoms with van der Waals surface area (Å²) in [6.45, 7) is 5.99. The van der Waals surface area contributed by atoms with Crippen molar-refractivity contribution in [3.05, 3.63) is 35.1 Å². The second-order valence-electron chi connectivity index (χ2n) is 5.18. The van der Waals surface area contributed by atoms with Gasteiger partial charge in [-0.15, -0.1) is 0 Å². The number of rotatable bonds is 2. The van der Waals surface area contributed by atoms with Gasteiger partial charge in [-0.1, -0.05) is 13.8 Å². The molecule has 86 valence electrons. The van der Waals surface area contributed by atoms with Crippen LogP contribution in [0, 0.1) is 18.2 Å². The molecule has 0 spiro atoms. The summed E-state index contributed by atoms with van der Waals surface area (Å²) in [7, 11) is 0. The summed E-state index contributed by atoms with van der Waals surface area (Å²) < 4.78 is 12.9. The van der Waals surface area contributed by atoms with Crippen molar-refractivity contribution in [2.45, 2.75) is 33.2 Å². The molecule has 1 atom stereocenters. The maximum atomic E-state index is 12.9. The molecule has 1 fully saturated rings. The van der Waals surface area contributed by atoms with Crippen LogP contribution in [0.1, 0.15) is 36.2 Å². The van der Waals surface area contributed by atoms with E-state index in [0.29, 0.717) is 11.1 Å². The van der Waals surface area contributed by atoms with E-state index in [2.05, 4.69) is 19.2 Å². The van der Waals surface area contributed by atoms with Crippen LogP contribution in [0.15, 0.2) is 18.2 Å². The quantitative estimate of drug-likeness (QED) is 0.817. The first-order valence-corrected chi connectivity index (χ1v) is 5.47. The normalized spacial score (nSPS) is 21.6. The Morgan fingerprint density at radius 2 is 2.12 bits per heavy atom. The lowest BCUT2D eigenvalue weighted by Gasteiger charge is -2.08. The van der Waals surface area contributed by atoms with E-state index in [9.17, 15) is 9.18 Å². The number of carbonyl (C=O) groups excluding carboxylic acids is 1. The van der Waals surface area contributed by atoms with Crippen molar-refractivity contribution in [3.8, 4) is 0 Å². The lowest BCUT2D eigenvalue weighted by Crippen LogP contribution is -2.28. The number of hydrogen-bond acceptors (Lipinski definition) is 1. The zero-order valence-electron chi connectivity index (χ0n) is 9.80. The highest BCUT2D eigenvalue weighted by Gasteiger charge is 2.46. The van der Waals surface area contributed by atoms with E-state index in [4.69, 9.17) is 0 Å². The Morgan fingerprint density at radius 1 is 1.50 bits per heavy atom. The van der Waals surface area contributed by atoms with E-state index in [1.165, 1.54) is 18.2 Å². The number of hydrogen-bond donors (Lipinski definition) is 1. The molecule has 1 saturated carbocycles. The molecular weight excluding hydrogens is 205 g/mol. The van der Waals surface area contributed by atoms with Gasteiger partial charge in [0, 0.05) is 11.6 Å². The molecule has 2 nitrogen and oxygen atoms in total. The third kappa shape index (κ3) is 2.08. The summed E-state index contributed by atoms with van der Waals surface area (Å²) >= 11 is 0. The minimum absolute atomic E-state index is 0.104. The van der Waals surface area contributed by atoms with Crippen LogP contribution >= 0.6 is 0 Å². The molecule has 1 amide bonds. The van der Waals surface area contributed by atoms with Crippen LogP contribution in [0.3, 0.4) is 0 Å². The Bertz CT molecular complexity index is 440. The van der Waals surface area contributed by atoms with Gasteiger partial charge < -0.3 is 5.32 Å². The molecule has 0 aliphatic heterocycles. The average molecular weight is 221 g/mol. The largest absolute Gasteiger partial charge is 0.349 e. The number of aryl methyl sites for hydroxylation is 1. The highest BCUT2D eigenvalue weighted by Crippen LogP contribution is 2.44. The van der Waals surface area contributed by atoms with Crippen molar-refractivity contribution in [2.24, 2.45) is 5.41 Å². The van der Waals surface area contributed by atoms with Crippen molar-refractivity contribution < 1.29 is 9.18 Å². The van der Waals surface area contributed by atoms with E-state index in [1.54, 1.807) is 6.92 Å². The molecule has 0 aromatic heterocycles. The van der Waals surface area contributed by atoms with Crippen LogP contribution in [0.25, 0.3) is 0 Å². The van der Waals surface area contributed by atoms with Gasteiger partial charge in [0.15, 0.2) is 0 Å². The third-order valence-electron chi connectivity index (χ3n) is 3.25. The van der Waals surface area contributed by atoms with Gasteiger partial charge in [0.25, 0.3) is 5.91 Å². The van der Waals surface area contributed by atoms with Gasteiger partial charge in [0.1, 0.15) is 5.82 Å². The first-order chi connectivity index (χ1) is 7.40. The maximum Gasteiger partial charge on any atom is 0.251 e. The number of amides is 1. The SMILES string of the molecule is Cc1cc(F)ccc1C(=O)NC1CC1(C)C. The summed E-state index contributed by atoms with van der Waals surface area (Å²) in [6.07, 6.45) is 1.01. The molecule has 1 aromatic carbocycles. The molecule has 1 unspecified atom stereocenters. The highest BCUT2D eigenvalue weighted by molar-refractivity contribution is 5.96. The topological polar surface area (TPSA) is 29.1 Å². The fourth-order valence-corrected chi connectivity index (χ4v) is 1.83. The number of carbonyl (C=O) groups is 1. The average Bonchev–Trinajstić information content (AvgIpc) is 2.72. The van der Waals surface area contributed by atoms with E-state index >= 15 is 0 Å². The molecule has 1 N–H and O–H groups in total. The van der Waals surface area contributed by atoms with E-state index in [0.717, 1.165) is 6.42 Å². The van der Waals surface area contributed by atoms with Crippen LogP contribution < -0.4 is 5.32 Å². The van der Waals surface area contributed by atoms with Crippen molar-refractivity contribution >= 4 is 5.91 Å². The Hall–Kier alpha value is -1.38. The first kappa shape index (κ1) is 11.1. The van der Waals surface area contributed by atoms with Gasteiger partial charge >= 0.3 is 0 Å². The summed E-state index contributed by atoms with van der Waals surface area (Å²) in [5.74, 6) is -0.408. The Balaban J connectivity index is 2.10. The highest BCUT2D eigenvalue weighted by atomic mass is 19.1. The van der Waals surface area contributed by atoms with Gasteiger partial charge in [-0.2, -0.15) is 0 Å². The van der Waals surface area contributed by atoms with Crippen LogP contribution in [-0.4, -0.2) is 11.9 Å². The third-order valence-corrected chi connectivity index (χ3v) is 3.25. The lowest BCUT2D eigenvalue weighted by molar-refractivity contribution is 0.0945. The zero-order chi connectivity index (χ0) is 11.9. The second-order valence-corrected chi connectivity index (χ2v) is 5.18. The standard InChI is InChI=1S/C13H16FNO/c1-8-6-9(14)4-5-10(8)12(16)15-11-7-13(11,2)3/h4-6,11H,7H2,1-3H3,(H,15,16). The molecule has 1 aliphatic carbocycles. The lowest BCUT2D eigenvalue weighted by atomic mass is 10.1. The number of benzene rings is 1. The minimum Gasteiger partial charge on any atom is -0.349 e. The monoisotopic (exact) mass is 221 g/mol. The van der Waals surface area contributed by atoms with Crippen molar-refractivity contribution in [2.75, 3.05) is 0 Å². The Labute approximate surface area is 94.9 Å². The van der Waals surface area contributed by atoms with Crippen molar-refractivity contribution in [1.29, 1.82) is 0 Å². The fourth-order valence-electron chi connectivity index (χ4n) is 1.83. The molecule has 1 aromatic rings. The Morgan fingerprint density at radius 3 is 2.62 bits per heavy atom. The molecule has 3 heteroatoms. The Kier molecular flexibility index (Phi) is 2.49. The predicted octanol–water partition coefficient (Wildman–Crippen LogP) is 2.66. The summed E-state index contributed by atoms with van der Waals surface area (Å²) in [4.78, 5) is 11.9. The zero-order valence-corrected chi connectivity index (χ0v) is 9.80. The van der Waals surface area contributed by atoms with Crippen molar-refractivity contribution in [3.63, 3.8) is 0 Å². The van der Waals surface area contributed by atoms with Gasteiger partial charge in [-0.05, 0) is 42.5 Å². The summed E-state index contributed by atoms with van der Waals surface area (Å²) in [5, 5.41) is 2.96. The molecule has 2 rings (SSSR count). The molecule has 1 aliphatic rings. The van der Waals surface area contributed by atoms with Gasteiger partial charge in [0.05, 0.1) is 0 Å². The second kappa shape index (κ2) is 3.58. The maximum absolute atomic E-state index is 12.9. The van der Waals surface area contributed by atoms with E-state index in [1.807, 2.05) is 0 Å². The smallest absolute Gasteiger partial charge is 0.251 e. The molecule has 0 heterocycles. The predicted molar refractivity (Wildman–Crippen MR) is 60.8 cm³/mol. The molecule has 0 saturated heterocycles. The van der Waals surface area contributed by atoms with Crippen LogP contribution in [0.4, 0.5) is 4.39 Å². The first-order valence-electron chi connectivity index (χ1n) is 5.47. The van der Waals surface area contributed by atoms with Crippen LogP contribution in [-0.2, 0) is 0 Å². The van der Waals surface area contributed by atoms with Gasteiger partial charge in [-0.3, -0.25) is 4.79 Å². The summed E-state index contributed by atoms with van der Waals surface area (Å²) in [6, 6.07) is 4.49. The van der Waals surface area contributed by atoms with E-state index < -0.39 is 0 Å². The van der Waals surface area contributed by atoms with Gasteiger partial charge in [0.2, 0.25) is 0 Å². The number of halogens is 1. The molecule has 0 bridgehead atoms. The minimum atomic E-state index is -0.305. The fraction of sp³-hybridized carbons (Fsp3) is 0.462. The number of nitrogens with one attached hydrogen (secondary N) is 1.